The van der Waals surface area contributed by atoms with Gasteiger partial charge in [-0.05, 0) is 70.2 Å². The van der Waals surface area contributed by atoms with Crippen molar-refractivity contribution in [3.05, 3.63) is 29.8 Å². The molecule has 0 spiro atoms. The SMILES string of the molecule is CC(C)NS(=O)(=O)c1cccc(C(=O)N2CCC(NCC3CC3)CC2)c1.Cl. The zero-order chi connectivity index (χ0) is 18.7. The molecule has 2 fully saturated rings. The largest absolute Gasteiger partial charge is 0.339 e. The minimum Gasteiger partial charge on any atom is -0.339 e. The Hall–Kier alpha value is -1.15. The van der Waals surface area contributed by atoms with Crippen LogP contribution < -0.4 is 10.0 Å². The molecule has 1 amide bonds. The predicted molar refractivity (Wildman–Crippen MR) is 109 cm³/mol. The van der Waals surface area contributed by atoms with E-state index in [1.54, 1.807) is 26.0 Å². The number of sulfonamides is 1. The Morgan fingerprint density at radius 2 is 1.85 bits per heavy atom. The summed E-state index contributed by atoms with van der Waals surface area (Å²) in [5.74, 6) is 0.769. The fourth-order valence-corrected chi connectivity index (χ4v) is 4.60. The number of piperidine rings is 1. The van der Waals surface area contributed by atoms with Gasteiger partial charge in [-0.15, -0.1) is 12.4 Å². The van der Waals surface area contributed by atoms with Gasteiger partial charge in [-0.2, -0.15) is 0 Å². The van der Waals surface area contributed by atoms with Crippen LogP contribution in [0.5, 0.6) is 0 Å². The maximum Gasteiger partial charge on any atom is 0.253 e. The Morgan fingerprint density at radius 1 is 1.19 bits per heavy atom. The van der Waals surface area contributed by atoms with Gasteiger partial charge in [0.25, 0.3) is 5.91 Å². The van der Waals surface area contributed by atoms with E-state index < -0.39 is 10.0 Å². The zero-order valence-corrected chi connectivity index (χ0v) is 17.6. The van der Waals surface area contributed by atoms with E-state index in [0.717, 1.165) is 25.3 Å². The number of carbonyl (C=O) groups is 1. The first kappa shape index (κ1) is 22.1. The van der Waals surface area contributed by atoms with Crippen molar-refractivity contribution in [2.24, 2.45) is 5.92 Å². The Bertz CT molecular complexity index is 742. The molecule has 0 aromatic heterocycles. The maximum atomic E-state index is 12.8. The lowest BCUT2D eigenvalue weighted by atomic mass is 10.0. The van der Waals surface area contributed by atoms with Crippen molar-refractivity contribution < 1.29 is 13.2 Å². The molecule has 1 saturated carbocycles. The van der Waals surface area contributed by atoms with E-state index in [2.05, 4.69) is 10.0 Å². The van der Waals surface area contributed by atoms with Crippen molar-refractivity contribution in [3.8, 4) is 0 Å². The van der Waals surface area contributed by atoms with Gasteiger partial charge in [0.05, 0.1) is 4.90 Å². The van der Waals surface area contributed by atoms with Gasteiger partial charge in [0.15, 0.2) is 0 Å². The number of carbonyl (C=O) groups excluding carboxylic acids is 1. The molecule has 0 atom stereocenters. The first-order valence-electron chi connectivity index (χ1n) is 9.50. The number of benzene rings is 1. The van der Waals surface area contributed by atoms with Crippen LogP contribution in [0.2, 0.25) is 0 Å². The highest BCUT2D eigenvalue weighted by atomic mass is 35.5. The van der Waals surface area contributed by atoms with E-state index >= 15 is 0 Å². The minimum absolute atomic E-state index is 0. The second-order valence-electron chi connectivity index (χ2n) is 7.72. The van der Waals surface area contributed by atoms with Crippen LogP contribution in [0.3, 0.4) is 0 Å². The minimum atomic E-state index is -3.60. The van der Waals surface area contributed by atoms with Crippen molar-refractivity contribution in [1.82, 2.24) is 14.9 Å². The number of hydrogen-bond donors (Lipinski definition) is 2. The average molecular weight is 416 g/mol. The molecule has 27 heavy (non-hydrogen) atoms. The van der Waals surface area contributed by atoms with Gasteiger partial charge in [-0.1, -0.05) is 6.07 Å². The van der Waals surface area contributed by atoms with Gasteiger partial charge in [0, 0.05) is 30.7 Å². The van der Waals surface area contributed by atoms with Crippen molar-refractivity contribution in [2.75, 3.05) is 19.6 Å². The van der Waals surface area contributed by atoms with Gasteiger partial charge in [0.2, 0.25) is 10.0 Å². The quantitative estimate of drug-likeness (QED) is 0.716. The third-order valence-electron chi connectivity index (χ3n) is 4.96. The van der Waals surface area contributed by atoms with E-state index in [4.69, 9.17) is 0 Å². The fourth-order valence-electron chi connectivity index (χ4n) is 3.30. The van der Waals surface area contributed by atoms with Crippen molar-refractivity contribution >= 4 is 28.3 Å². The zero-order valence-electron chi connectivity index (χ0n) is 16.0. The molecule has 3 rings (SSSR count). The van der Waals surface area contributed by atoms with Gasteiger partial charge in [-0.3, -0.25) is 4.79 Å². The number of rotatable bonds is 7. The predicted octanol–water partition coefficient (Wildman–Crippen LogP) is 2.40. The molecule has 0 unspecified atom stereocenters. The Balaban J connectivity index is 0.00000261. The summed E-state index contributed by atoms with van der Waals surface area (Å²) in [6.07, 6.45) is 4.58. The van der Waals surface area contributed by atoms with Crippen LogP contribution in [0.15, 0.2) is 29.2 Å². The Kier molecular flexibility index (Phi) is 7.68. The van der Waals surface area contributed by atoms with Crippen LogP contribution in [0.1, 0.15) is 49.9 Å². The summed E-state index contributed by atoms with van der Waals surface area (Å²) in [6.45, 7) is 6.06. The summed E-state index contributed by atoms with van der Waals surface area (Å²) in [5.41, 5.74) is 0.432. The molecular formula is C19H30ClN3O3S. The summed E-state index contributed by atoms with van der Waals surface area (Å²) in [6, 6.07) is 6.61. The molecule has 152 valence electrons. The Labute approximate surface area is 168 Å². The van der Waals surface area contributed by atoms with Crippen molar-refractivity contribution in [2.45, 2.75) is 56.5 Å². The number of likely N-dealkylation sites (tertiary alicyclic amines) is 1. The molecule has 1 aliphatic carbocycles. The van der Waals surface area contributed by atoms with Gasteiger partial charge in [0.1, 0.15) is 0 Å². The van der Waals surface area contributed by atoms with Crippen LogP contribution in [-0.4, -0.2) is 50.9 Å². The molecule has 1 aliphatic heterocycles. The lowest BCUT2D eigenvalue weighted by Crippen LogP contribution is -2.45. The van der Waals surface area contributed by atoms with E-state index in [0.29, 0.717) is 24.7 Å². The van der Waals surface area contributed by atoms with Gasteiger partial charge >= 0.3 is 0 Å². The number of amides is 1. The maximum absolute atomic E-state index is 12.8. The molecular weight excluding hydrogens is 386 g/mol. The van der Waals surface area contributed by atoms with Crippen LogP contribution in [-0.2, 0) is 10.0 Å². The summed E-state index contributed by atoms with van der Waals surface area (Å²) in [7, 11) is -3.60. The first-order valence-corrected chi connectivity index (χ1v) is 11.0. The average Bonchev–Trinajstić information content (AvgIpc) is 3.43. The van der Waals surface area contributed by atoms with Crippen molar-refractivity contribution in [3.63, 3.8) is 0 Å². The topological polar surface area (TPSA) is 78.5 Å². The molecule has 1 aromatic rings. The smallest absolute Gasteiger partial charge is 0.253 e. The monoisotopic (exact) mass is 415 g/mol. The summed E-state index contributed by atoms with van der Waals surface area (Å²) < 4.78 is 27.2. The van der Waals surface area contributed by atoms with E-state index in [-0.39, 0.29) is 29.3 Å². The van der Waals surface area contributed by atoms with Crippen LogP contribution in [0.25, 0.3) is 0 Å². The van der Waals surface area contributed by atoms with Crippen LogP contribution in [0, 0.1) is 5.92 Å². The highest BCUT2D eigenvalue weighted by Crippen LogP contribution is 2.28. The number of nitrogens with one attached hydrogen (secondary N) is 2. The molecule has 1 aromatic carbocycles. The third-order valence-corrected chi connectivity index (χ3v) is 6.61. The molecule has 2 N–H and O–H groups in total. The third kappa shape index (κ3) is 6.17. The second-order valence-corrected chi connectivity index (χ2v) is 9.44. The van der Waals surface area contributed by atoms with Gasteiger partial charge < -0.3 is 10.2 Å². The lowest BCUT2D eigenvalue weighted by molar-refractivity contribution is 0.0704. The summed E-state index contributed by atoms with van der Waals surface area (Å²) in [4.78, 5) is 14.7. The molecule has 6 nitrogen and oxygen atoms in total. The summed E-state index contributed by atoms with van der Waals surface area (Å²) >= 11 is 0. The first-order chi connectivity index (χ1) is 12.3. The van der Waals surface area contributed by atoms with E-state index in [1.807, 2.05) is 4.90 Å². The molecule has 1 saturated heterocycles. The molecule has 0 radical (unpaired) electrons. The molecule has 0 bridgehead atoms. The number of halogens is 1. The summed E-state index contributed by atoms with van der Waals surface area (Å²) in [5, 5.41) is 3.60. The normalized spacial score (nSPS) is 18.4. The second kappa shape index (κ2) is 9.37. The molecule has 2 aliphatic rings. The highest BCUT2D eigenvalue weighted by molar-refractivity contribution is 7.89. The van der Waals surface area contributed by atoms with E-state index in [9.17, 15) is 13.2 Å². The van der Waals surface area contributed by atoms with Gasteiger partial charge in [-0.25, -0.2) is 13.1 Å². The standard InChI is InChI=1S/C19H29N3O3S.ClH/c1-14(2)21-26(24,25)18-5-3-4-16(12-18)19(23)22-10-8-17(9-11-22)20-13-15-6-7-15;/h3-5,12,14-15,17,20-21H,6-11,13H2,1-2H3;1H. The van der Waals surface area contributed by atoms with Crippen LogP contribution >= 0.6 is 12.4 Å². The Morgan fingerprint density at radius 3 is 2.44 bits per heavy atom. The lowest BCUT2D eigenvalue weighted by Gasteiger charge is -2.32. The highest BCUT2D eigenvalue weighted by Gasteiger charge is 2.27. The number of nitrogens with zero attached hydrogens (tertiary/aromatic N) is 1. The molecule has 8 heteroatoms. The fraction of sp³-hybridized carbons (Fsp3) is 0.632. The number of hydrogen-bond acceptors (Lipinski definition) is 4. The molecule has 1 heterocycles. The van der Waals surface area contributed by atoms with Crippen LogP contribution in [0.4, 0.5) is 0 Å². The van der Waals surface area contributed by atoms with Crippen molar-refractivity contribution in [1.29, 1.82) is 0 Å². The van der Waals surface area contributed by atoms with E-state index in [1.165, 1.54) is 25.0 Å².